The van der Waals surface area contributed by atoms with Gasteiger partial charge >= 0.3 is 5.97 Å². The van der Waals surface area contributed by atoms with Crippen molar-refractivity contribution in [3.05, 3.63) is 11.6 Å². The molecule has 268 valence electrons. The van der Waals surface area contributed by atoms with E-state index in [1.165, 1.54) is 5.57 Å². The molecule has 0 spiro atoms. The summed E-state index contributed by atoms with van der Waals surface area (Å²) in [7, 11) is 0. The number of fused-ring (bicyclic) bond motifs is 3. The normalized spacial score (nSPS) is 47.1. The first-order valence-electron chi connectivity index (χ1n) is 19.0. The van der Waals surface area contributed by atoms with E-state index in [2.05, 4.69) is 76.9 Å². The molecule has 5 N–H and O–H groups in total. The number of nitrogen functional groups attached to an aromatic ring is 1. The molecule has 0 unspecified atom stereocenters. The SMILES string of the molecule is CC(C)[C@@H](C)[C@@]1(C)CC[C@]2(C)[C@H]3CC[C@H]4[C@@]5(C)CO[C@@H](C)[C@@]4(C[C@@H](n4nnc(N)n4)[C@@H]5OCC4(N)CCCC4)C3=CC[C@@]2(C)[C@@H]1C(=O)O. The largest absolute Gasteiger partial charge is 0.481 e. The fourth-order valence-electron chi connectivity index (χ4n) is 13.3. The van der Waals surface area contributed by atoms with Crippen LogP contribution >= 0.6 is 0 Å². The van der Waals surface area contributed by atoms with Crippen LogP contribution in [0.3, 0.4) is 0 Å². The van der Waals surface area contributed by atoms with Gasteiger partial charge in [-0.05, 0) is 103 Å². The molecule has 10 heteroatoms. The van der Waals surface area contributed by atoms with E-state index < -0.39 is 11.9 Å². The van der Waals surface area contributed by atoms with E-state index in [9.17, 15) is 9.90 Å². The van der Waals surface area contributed by atoms with Gasteiger partial charge in [0.15, 0.2) is 0 Å². The average Bonchev–Trinajstić information content (AvgIpc) is 3.66. The minimum atomic E-state index is -0.628. The van der Waals surface area contributed by atoms with Crippen molar-refractivity contribution < 1.29 is 19.4 Å². The number of ether oxygens (including phenoxy) is 2. The molecule has 48 heavy (non-hydrogen) atoms. The summed E-state index contributed by atoms with van der Waals surface area (Å²) in [5.41, 5.74) is 12.8. The Morgan fingerprint density at radius 2 is 1.81 bits per heavy atom. The molecular formula is C38H62N6O4. The molecule has 5 fully saturated rings. The van der Waals surface area contributed by atoms with Gasteiger partial charge in [0, 0.05) is 16.4 Å². The zero-order valence-corrected chi connectivity index (χ0v) is 30.8. The number of carboxylic acids is 1. The number of nitrogens with two attached hydrogens (primary N) is 2. The number of carboxylic acid groups (broad SMARTS) is 1. The average molecular weight is 667 g/mol. The number of allylic oxidation sites excluding steroid dienone is 1. The molecule has 1 saturated heterocycles. The van der Waals surface area contributed by atoms with Crippen molar-refractivity contribution in [1.29, 1.82) is 0 Å². The van der Waals surface area contributed by atoms with E-state index in [1.807, 2.05) is 0 Å². The Kier molecular flexibility index (Phi) is 8.05. The number of anilines is 1. The zero-order chi connectivity index (χ0) is 34.7. The molecular weight excluding hydrogens is 604 g/mol. The van der Waals surface area contributed by atoms with Gasteiger partial charge in [0.25, 0.3) is 5.95 Å². The predicted octanol–water partition coefficient (Wildman–Crippen LogP) is 6.43. The quantitative estimate of drug-likeness (QED) is 0.280. The molecule has 12 atom stereocenters. The van der Waals surface area contributed by atoms with E-state index in [0.717, 1.165) is 64.2 Å². The van der Waals surface area contributed by atoms with E-state index >= 15 is 0 Å². The first kappa shape index (κ1) is 34.4. The minimum absolute atomic E-state index is 0.0114. The fraction of sp³-hybridized carbons (Fsp3) is 0.895. The second-order valence-electron chi connectivity index (χ2n) is 18.7. The maximum Gasteiger partial charge on any atom is 0.307 e. The van der Waals surface area contributed by atoms with Crippen molar-refractivity contribution in [3.63, 3.8) is 0 Å². The van der Waals surface area contributed by atoms with Crippen LogP contribution in [0.15, 0.2) is 11.6 Å². The van der Waals surface area contributed by atoms with Gasteiger partial charge in [0.2, 0.25) is 0 Å². The lowest BCUT2D eigenvalue weighted by Crippen LogP contribution is -2.71. The molecule has 6 aliphatic rings. The Balaban J connectivity index is 1.33. The summed E-state index contributed by atoms with van der Waals surface area (Å²) < 4.78 is 13.9. The molecule has 1 aromatic heterocycles. The maximum atomic E-state index is 13.5. The van der Waals surface area contributed by atoms with Crippen LogP contribution in [0.2, 0.25) is 0 Å². The Labute approximate surface area is 287 Å². The van der Waals surface area contributed by atoms with Crippen LogP contribution in [-0.2, 0) is 14.3 Å². The third-order valence-corrected chi connectivity index (χ3v) is 16.5. The van der Waals surface area contributed by atoms with Gasteiger partial charge in [-0.15, -0.1) is 5.10 Å². The van der Waals surface area contributed by atoms with E-state index in [1.54, 1.807) is 4.80 Å². The second-order valence-corrected chi connectivity index (χ2v) is 18.7. The molecule has 7 rings (SSSR count). The summed E-state index contributed by atoms with van der Waals surface area (Å²) in [4.78, 5) is 15.2. The van der Waals surface area contributed by atoms with Crippen LogP contribution in [0.1, 0.15) is 126 Å². The summed E-state index contributed by atoms with van der Waals surface area (Å²) in [6.45, 7) is 19.6. The van der Waals surface area contributed by atoms with Gasteiger partial charge in [0.05, 0.1) is 31.3 Å². The number of tetrazole rings is 1. The van der Waals surface area contributed by atoms with Gasteiger partial charge in [-0.25, -0.2) is 0 Å². The standard InChI is InChI=1S/C38H62N6O4/c1-22(2)23(3)33(5)17-18-35(7)25-11-12-28-34(6)20-47-24(4)38(28,26(25)13-16-36(35,8)29(33)31(45)46)19-27(44-42-32(39)41-43-44)30(34)48-21-37(40)14-9-10-15-37/h13,22-25,27-30H,9-12,14-21,40H2,1-8H3,(H2,39,42)(H,45,46)/t23-,24+,25+,27-,28+,29-,30+,33-,34-,35-,36+,38+/m1/s1. The first-order valence-corrected chi connectivity index (χ1v) is 19.0. The van der Waals surface area contributed by atoms with Crippen LogP contribution in [0.5, 0.6) is 0 Å². The molecule has 2 heterocycles. The fourth-order valence-corrected chi connectivity index (χ4v) is 13.3. The minimum Gasteiger partial charge on any atom is -0.481 e. The highest BCUT2D eigenvalue weighted by Crippen LogP contribution is 2.76. The highest BCUT2D eigenvalue weighted by molar-refractivity contribution is 5.73. The number of rotatable bonds is 7. The van der Waals surface area contributed by atoms with Crippen LogP contribution < -0.4 is 11.5 Å². The van der Waals surface area contributed by atoms with Gasteiger partial charge in [0.1, 0.15) is 6.04 Å². The summed E-state index contributed by atoms with van der Waals surface area (Å²) in [5, 5.41) is 24.3. The molecule has 0 radical (unpaired) electrons. The molecule has 1 aliphatic heterocycles. The third kappa shape index (κ3) is 4.52. The number of hydrogen-bond donors (Lipinski definition) is 3. The molecule has 10 nitrogen and oxygen atoms in total. The molecule has 1 aromatic rings. The lowest BCUT2D eigenvalue weighted by molar-refractivity contribution is -0.274. The number of nitrogens with zero attached hydrogens (tertiary/aromatic N) is 4. The summed E-state index contributed by atoms with van der Waals surface area (Å²) >= 11 is 0. The Bertz CT molecular complexity index is 1460. The highest BCUT2D eigenvalue weighted by atomic mass is 16.5. The van der Waals surface area contributed by atoms with Crippen LogP contribution in [0.4, 0.5) is 5.95 Å². The predicted molar refractivity (Wildman–Crippen MR) is 185 cm³/mol. The summed E-state index contributed by atoms with van der Waals surface area (Å²) in [5.74, 6) is 0.467. The monoisotopic (exact) mass is 666 g/mol. The molecule has 0 amide bonds. The number of carbonyl (C=O) groups is 1. The lowest BCUT2D eigenvalue weighted by Gasteiger charge is -2.72. The molecule has 4 saturated carbocycles. The van der Waals surface area contributed by atoms with Crippen LogP contribution in [0, 0.1) is 56.7 Å². The van der Waals surface area contributed by atoms with E-state index in [4.69, 9.17) is 20.9 Å². The Morgan fingerprint density at radius 1 is 1.10 bits per heavy atom. The van der Waals surface area contributed by atoms with Crippen molar-refractivity contribution in [2.75, 3.05) is 18.9 Å². The highest BCUT2D eigenvalue weighted by Gasteiger charge is 2.73. The van der Waals surface area contributed by atoms with Gasteiger partial charge in [-0.2, -0.15) is 4.80 Å². The lowest BCUT2D eigenvalue weighted by atomic mass is 9.33. The van der Waals surface area contributed by atoms with Crippen LogP contribution in [-0.4, -0.2) is 62.2 Å². The Morgan fingerprint density at radius 3 is 2.44 bits per heavy atom. The van der Waals surface area contributed by atoms with Gasteiger partial charge in [-0.1, -0.05) is 78.1 Å². The van der Waals surface area contributed by atoms with Crippen molar-refractivity contribution in [2.24, 2.45) is 62.4 Å². The number of aliphatic carboxylic acids is 1. The number of hydrogen-bond acceptors (Lipinski definition) is 8. The van der Waals surface area contributed by atoms with Crippen molar-refractivity contribution >= 4 is 11.9 Å². The molecule has 5 aliphatic carbocycles. The van der Waals surface area contributed by atoms with Crippen molar-refractivity contribution in [3.8, 4) is 0 Å². The van der Waals surface area contributed by atoms with Crippen LogP contribution in [0.25, 0.3) is 0 Å². The van der Waals surface area contributed by atoms with Crippen molar-refractivity contribution in [1.82, 2.24) is 20.2 Å². The Hall–Kier alpha value is -2.04. The third-order valence-electron chi connectivity index (χ3n) is 16.5. The van der Waals surface area contributed by atoms with Gasteiger partial charge < -0.3 is 26.0 Å². The summed E-state index contributed by atoms with van der Waals surface area (Å²) in [6.07, 6.45) is 12.1. The maximum absolute atomic E-state index is 13.5. The molecule has 0 aromatic carbocycles. The first-order chi connectivity index (χ1) is 22.5. The smallest absolute Gasteiger partial charge is 0.307 e. The summed E-state index contributed by atoms with van der Waals surface area (Å²) in [6, 6.07) is -0.179. The number of aromatic nitrogens is 4. The van der Waals surface area contributed by atoms with Crippen molar-refractivity contribution in [2.45, 2.75) is 143 Å². The van der Waals surface area contributed by atoms with E-state index in [-0.39, 0.29) is 62.7 Å². The molecule has 2 bridgehead atoms. The topological polar surface area (TPSA) is 151 Å². The second kappa shape index (κ2) is 11.2. The zero-order valence-electron chi connectivity index (χ0n) is 30.8. The van der Waals surface area contributed by atoms with E-state index in [0.29, 0.717) is 31.0 Å². The van der Waals surface area contributed by atoms with Gasteiger partial charge in [-0.3, -0.25) is 4.79 Å².